The first kappa shape index (κ1) is 7.53. The lowest BCUT2D eigenvalue weighted by molar-refractivity contribution is -0.237. The van der Waals surface area contributed by atoms with Crippen molar-refractivity contribution in [3.63, 3.8) is 0 Å². The molecule has 64 valence electrons. The third kappa shape index (κ3) is 1.08. The van der Waals surface area contributed by atoms with Crippen LogP contribution in [0.3, 0.4) is 0 Å². The molecule has 2 aliphatic heterocycles. The van der Waals surface area contributed by atoms with E-state index in [0.29, 0.717) is 6.04 Å². The topological polar surface area (TPSA) is 30.5 Å². The van der Waals surface area contributed by atoms with E-state index in [0.717, 1.165) is 32.8 Å². The van der Waals surface area contributed by atoms with Crippen molar-refractivity contribution < 1.29 is 9.47 Å². The first-order chi connectivity index (χ1) is 5.37. The highest BCUT2D eigenvalue weighted by molar-refractivity contribution is 5.00. The molecular formula is C8H15NO2. The van der Waals surface area contributed by atoms with E-state index < -0.39 is 0 Å². The maximum Gasteiger partial charge on any atom is 0.130 e. The van der Waals surface area contributed by atoms with Crippen LogP contribution in [0.15, 0.2) is 0 Å². The Kier molecular flexibility index (Phi) is 1.87. The first-order valence-corrected chi connectivity index (χ1v) is 4.32. The minimum absolute atomic E-state index is 0.0347. The molecule has 0 aromatic heterocycles. The van der Waals surface area contributed by atoms with Gasteiger partial charge in [-0.25, -0.2) is 0 Å². The molecule has 0 aromatic rings. The van der Waals surface area contributed by atoms with Crippen LogP contribution < -0.4 is 5.32 Å². The highest BCUT2D eigenvalue weighted by atomic mass is 16.6. The number of nitrogens with one attached hydrogen (secondary N) is 1. The van der Waals surface area contributed by atoms with Gasteiger partial charge in [0.15, 0.2) is 0 Å². The maximum absolute atomic E-state index is 5.72. The Bertz CT molecular complexity index is 145. The van der Waals surface area contributed by atoms with Crippen molar-refractivity contribution in [2.24, 2.45) is 0 Å². The predicted molar refractivity (Wildman–Crippen MR) is 41.6 cm³/mol. The molecule has 3 heteroatoms. The summed E-state index contributed by atoms with van der Waals surface area (Å²) >= 11 is 0. The molecule has 2 saturated heterocycles. The average Bonchev–Trinajstić information content (AvgIpc) is 2.01. The molecule has 2 rings (SSSR count). The van der Waals surface area contributed by atoms with Crippen LogP contribution >= 0.6 is 0 Å². The summed E-state index contributed by atoms with van der Waals surface area (Å²) < 4.78 is 10.9. The standard InChI is InChI=1S/C8H15NO2/c1-2-7-8(5-10-6-8)11-4-3-9-7/h7,9H,2-6H2,1H3. The van der Waals surface area contributed by atoms with Gasteiger partial charge in [0.25, 0.3) is 0 Å². The third-order valence-corrected chi connectivity index (χ3v) is 2.62. The number of hydrogen-bond donors (Lipinski definition) is 1. The van der Waals surface area contributed by atoms with Gasteiger partial charge in [0.05, 0.1) is 19.8 Å². The zero-order valence-electron chi connectivity index (χ0n) is 6.93. The summed E-state index contributed by atoms with van der Waals surface area (Å²) in [6.07, 6.45) is 1.13. The molecule has 1 atom stereocenters. The van der Waals surface area contributed by atoms with Gasteiger partial charge in [-0.05, 0) is 6.42 Å². The summed E-state index contributed by atoms with van der Waals surface area (Å²) in [5.74, 6) is 0. The smallest absolute Gasteiger partial charge is 0.130 e. The van der Waals surface area contributed by atoms with E-state index >= 15 is 0 Å². The highest BCUT2D eigenvalue weighted by Crippen LogP contribution is 2.29. The molecule has 11 heavy (non-hydrogen) atoms. The van der Waals surface area contributed by atoms with Crippen molar-refractivity contribution in [3.05, 3.63) is 0 Å². The summed E-state index contributed by atoms with van der Waals surface area (Å²) in [7, 11) is 0. The fourth-order valence-corrected chi connectivity index (χ4v) is 1.88. The second-order valence-electron chi connectivity index (χ2n) is 3.32. The minimum atomic E-state index is 0.0347. The van der Waals surface area contributed by atoms with Gasteiger partial charge in [0.1, 0.15) is 5.60 Å². The monoisotopic (exact) mass is 157 g/mol. The largest absolute Gasteiger partial charge is 0.375 e. The minimum Gasteiger partial charge on any atom is -0.375 e. The van der Waals surface area contributed by atoms with Gasteiger partial charge >= 0.3 is 0 Å². The van der Waals surface area contributed by atoms with Crippen LogP contribution in [0.2, 0.25) is 0 Å². The molecule has 0 amide bonds. The lowest BCUT2D eigenvalue weighted by atomic mass is 9.89. The van der Waals surface area contributed by atoms with Crippen molar-refractivity contribution in [2.45, 2.75) is 25.0 Å². The van der Waals surface area contributed by atoms with Gasteiger partial charge in [0, 0.05) is 12.6 Å². The molecule has 2 fully saturated rings. The Labute approximate surface area is 67.1 Å². The van der Waals surface area contributed by atoms with E-state index in [1.54, 1.807) is 0 Å². The molecule has 2 heterocycles. The van der Waals surface area contributed by atoms with Crippen molar-refractivity contribution >= 4 is 0 Å². The van der Waals surface area contributed by atoms with E-state index in [2.05, 4.69) is 12.2 Å². The first-order valence-electron chi connectivity index (χ1n) is 4.32. The van der Waals surface area contributed by atoms with Gasteiger partial charge < -0.3 is 14.8 Å². The van der Waals surface area contributed by atoms with Gasteiger partial charge in [-0.2, -0.15) is 0 Å². The van der Waals surface area contributed by atoms with Crippen molar-refractivity contribution in [3.8, 4) is 0 Å². The molecule has 0 bridgehead atoms. The number of morpholine rings is 1. The molecule has 0 aliphatic carbocycles. The number of ether oxygens (including phenoxy) is 2. The van der Waals surface area contributed by atoms with Crippen molar-refractivity contribution in [2.75, 3.05) is 26.4 Å². The SMILES string of the molecule is CCC1NCCOC12COC2. The van der Waals surface area contributed by atoms with Crippen LogP contribution in [-0.4, -0.2) is 38.0 Å². The molecule has 1 unspecified atom stereocenters. The van der Waals surface area contributed by atoms with E-state index in [1.165, 1.54) is 0 Å². The molecule has 1 N–H and O–H groups in total. The second-order valence-corrected chi connectivity index (χ2v) is 3.32. The van der Waals surface area contributed by atoms with Crippen LogP contribution in [0.5, 0.6) is 0 Å². The Morgan fingerprint density at radius 3 is 2.82 bits per heavy atom. The van der Waals surface area contributed by atoms with Crippen LogP contribution in [0.1, 0.15) is 13.3 Å². The Morgan fingerprint density at radius 1 is 1.55 bits per heavy atom. The highest BCUT2D eigenvalue weighted by Gasteiger charge is 2.47. The van der Waals surface area contributed by atoms with Crippen LogP contribution in [0.25, 0.3) is 0 Å². The number of hydrogen-bond acceptors (Lipinski definition) is 3. The zero-order chi connectivity index (χ0) is 7.73. The molecule has 1 spiro atoms. The van der Waals surface area contributed by atoms with Gasteiger partial charge in [-0.3, -0.25) is 0 Å². The fourth-order valence-electron chi connectivity index (χ4n) is 1.88. The van der Waals surface area contributed by atoms with Crippen LogP contribution in [0, 0.1) is 0 Å². The molecule has 0 radical (unpaired) electrons. The predicted octanol–water partition coefficient (Wildman–Crippen LogP) is 0.154. The lowest BCUT2D eigenvalue weighted by Gasteiger charge is -2.49. The molecular weight excluding hydrogens is 142 g/mol. The van der Waals surface area contributed by atoms with Gasteiger partial charge in [0.2, 0.25) is 0 Å². The van der Waals surface area contributed by atoms with Crippen molar-refractivity contribution in [1.29, 1.82) is 0 Å². The van der Waals surface area contributed by atoms with Crippen LogP contribution in [0.4, 0.5) is 0 Å². The average molecular weight is 157 g/mol. The molecule has 0 saturated carbocycles. The summed E-state index contributed by atoms with van der Waals surface area (Å²) in [5.41, 5.74) is 0.0347. The normalized spacial score (nSPS) is 35.2. The third-order valence-electron chi connectivity index (χ3n) is 2.62. The zero-order valence-corrected chi connectivity index (χ0v) is 6.93. The second kappa shape index (κ2) is 2.73. The van der Waals surface area contributed by atoms with E-state index in [4.69, 9.17) is 9.47 Å². The maximum atomic E-state index is 5.72. The van der Waals surface area contributed by atoms with Gasteiger partial charge in [-0.1, -0.05) is 6.92 Å². The van der Waals surface area contributed by atoms with E-state index in [-0.39, 0.29) is 5.60 Å². The molecule has 3 nitrogen and oxygen atoms in total. The summed E-state index contributed by atoms with van der Waals surface area (Å²) in [4.78, 5) is 0. The van der Waals surface area contributed by atoms with Gasteiger partial charge in [-0.15, -0.1) is 0 Å². The fraction of sp³-hybridized carbons (Fsp3) is 1.00. The Balaban J connectivity index is 2.02. The number of rotatable bonds is 1. The Hall–Kier alpha value is -0.120. The lowest BCUT2D eigenvalue weighted by Crippen LogP contribution is -2.67. The quantitative estimate of drug-likeness (QED) is 0.588. The van der Waals surface area contributed by atoms with Crippen molar-refractivity contribution in [1.82, 2.24) is 5.32 Å². The summed E-state index contributed by atoms with van der Waals surface area (Å²) in [6, 6.07) is 0.505. The summed E-state index contributed by atoms with van der Waals surface area (Å²) in [6.45, 7) is 5.56. The molecule has 0 aromatic carbocycles. The molecule has 2 aliphatic rings. The van der Waals surface area contributed by atoms with E-state index in [9.17, 15) is 0 Å². The Morgan fingerprint density at radius 2 is 2.36 bits per heavy atom. The summed E-state index contributed by atoms with van der Waals surface area (Å²) in [5, 5.41) is 3.46. The van der Waals surface area contributed by atoms with E-state index in [1.807, 2.05) is 0 Å². The van der Waals surface area contributed by atoms with Crippen LogP contribution in [-0.2, 0) is 9.47 Å².